The van der Waals surface area contributed by atoms with Gasteiger partial charge in [0.25, 0.3) is 0 Å². The number of rotatable bonds is 70. The van der Waals surface area contributed by atoms with Crippen LogP contribution in [0, 0.1) is 0 Å². The van der Waals surface area contributed by atoms with Crippen LogP contribution in [-0.4, -0.2) is 47.4 Å². The summed E-state index contributed by atoms with van der Waals surface area (Å²) >= 11 is 0. The highest BCUT2D eigenvalue weighted by Crippen LogP contribution is 2.19. The molecule has 0 saturated carbocycles. The molecule has 0 aliphatic rings. The minimum atomic E-state index is -0.658. The molecule has 0 fully saturated rings. The first-order valence-corrected chi connectivity index (χ1v) is 36.9. The summed E-state index contributed by atoms with van der Waals surface area (Å²) in [5.41, 5.74) is 0. The van der Waals surface area contributed by atoms with Gasteiger partial charge in [-0.2, -0.15) is 0 Å². The van der Waals surface area contributed by atoms with Gasteiger partial charge in [0.2, 0.25) is 5.91 Å². The molecule has 6 nitrogen and oxygen atoms in total. The first kappa shape index (κ1) is 78.6. The second-order valence-electron chi connectivity index (χ2n) is 25.6. The summed E-state index contributed by atoms with van der Waals surface area (Å²) in [4.78, 5) is 24.5. The van der Waals surface area contributed by atoms with Gasteiger partial charge in [-0.25, -0.2) is 0 Å². The number of unbranched alkanes of at least 4 members (excludes halogenated alkanes) is 57. The number of aliphatic hydroxyl groups is 2. The van der Waals surface area contributed by atoms with E-state index >= 15 is 0 Å². The lowest BCUT2D eigenvalue weighted by Crippen LogP contribution is -2.45. The van der Waals surface area contributed by atoms with E-state index in [0.29, 0.717) is 25.9 Å². The highest BCUT2D eigenvalue weighted by atomic mass is 16.5. The smallest absolute Gasteiger partial charge is 0.305 e. The standard InChI is InChI=1S/C74H145NO5/c1-3-5-7-9-11-13-14-15-41-45-48-52-56-60-64-68-74(79)80-69-65-61-57-53-49-46-43-40-38-36-34-32-30-28-26-24-22-20-18-16-17-19-21-23-25-27-29-31-33-35-37-39-42-44-47-51-55-59-63-67-73(78)75-71(70-76)72(77)66-62-58-54-50-12-10-8-6-4-2/h16-17,71-72,76-77H,3-15,18-70H2,1-2H3,(H,75,78)/b17-16-. The molecule has 0 rings (SSSR count). The number of allylic oxidation sites excluding steroid dienone is 2. The summed E-state index contributed by atoms with van der Waals surface area (Å²) in [6, 6.07) is -0.535. The van der Waals surface area contributed by atoms with Crippen molar-refractivity contribution in [2.75, 3.05) is 13.2 Å². The molecule has 0 bridgehead atoms. The van der Waals surface area contributed by atoms with Crippen LogP contribution >= 0.6 is 0 Å². The van der Waals surface area contributed by atoms with E-state index in [9.17, 15) is 19.8 Å². The van der Waals surface area contributed by atoms with Crippen LogP contribution in [0.3, 0.4) is 0 Å². The number of aliphatic hydroxyl groups excluding tert-OH is 2. The molecule has 6 heteroatoms. The van der Waals surface area contributed by atoms with E-state index < -0.39 is 12.1 Å². The molecule has 0 heterocycles. The summed E-state index contributed by atoms with van der Waals surface area (Å²) < 4.78 is 5.50. The number of ether oxygens (including phenoxy) is 1. The molecule has 2 atom stereocenters. The average Bonchev–Trinajstić information content (AvgIpc) is 3.46. The van der Waals surface area contributed by atoms with Crippen molar-refractivity contribution < 1.29 is 24.5 Å². The number of carbonyl (C=O) groups excluding carboxylic acids is 2. The fourth-order valence-corrected chi connectivity index (χ4v) is 11.9. The normalized spacial score (nSPS) is 12.5. The quantitative estimate of drug-likeness (QED) is 0.0320. The summed E-state index contributed by atoms with van der Waals surface area (Å²) in [5, 5.41) is 23.2. The summed E-state index contributed by atoms with van der Waals surface area (Å²) in [5.74, 6) is -0.00458. The van der Waals surface area contributed by atoms with Crippen molar-refractivity contribution in [1.82, 2.24) is 5.32 Å². The van der Waals surface area contributed by atoms with Gasteiger partial charge in [-0.1, -0.05) is 373 Å². The van der Waals surface area contributed by atoms with Crippen molar-refractivity contribution in [2.24, 2.45) is 0 Å². The van der Waals surface area contributed by atoms with Crippen LogP contribution in [0.25, 0.3) is 0 Å². The molecule has 476 valence electrons. The third kappa shape index (κ3) is 65.7. The van der Waals surface area contributed by atoms with Gasteiger partial charge in [0.05, 0.1) is 25.4 Å². The Bertz CT molecular complexity index is 1210. The van der Waals surface area contributed by atoms with Gasteiger partial charge in [-0.05, 0) is 51.4 Å². The maximum Gasteiger partial charge on any atom is 0.305 e. The van der Waals surface area contributed by atoms with E-state index in [4.69, 9.17) is 4.74 Å². The summed E-state index contributed by atoms with van der Waals surface area (Å²) in [6.07, 6.45) is 87.4. The molecule has 80 heavy (non-hydrogen) atoms. The van der Waals surface area contributed by atoms with E-state index in [1.165, 1.54) is 353 Å². The van der Waals surface area contributed by atoms with Gasteiger partial charge in [-0.15, -0.1) is 0 Å². The Balaban J connectivity index is 3.27. The molecule has 2 unspecified atom stereocenters. The van der Waals surface area contributed by atoms with Crippen LogP contribution < -0.4 is 5.32 Å². The molecule has 0 radical (unpaired) electrons. The Labute approximate surface area is 501 Å². The molecule has 0 aromatic rings. The van der Waals surface area contributed by atoms with Gasteiger partial charge in [0.1, 0.15) is 0 Å². The highest BCUT2D eigenvalue weighted by Gasteiger charge is 2.20. The zero-order chi connectivity index (χ0) is 57.8. The second kappa shape index (κ2) is 70.1. The van der Waals surface area contributed by atoms with Crippen molar-refractivity contribution in [2.45, 2.75) is 437 Å². The largest absolute Gasteiger partial charge is 0.466 e. The van der Waals surface area contributed by atoms with Crippen LogP contribution in [0.4, 0.5) is 0 Å². The predicted molar refractivity (Wildman–Crippen MR) is 352 cm³/mol. The van der Waals surface area contributed by atoms with Gasteiger partial charge in [0.15, 0.2) is 0 Å². The fraction of sp³-hybridized carbons (Fsp3) is 0.946. The van der Waals surface area contributed by atoms with Crippen molar-refractivity contribution in [3.05, 3.63) is 12.2 Å². The molecular formula is C74H145NO5. The number of hydrogen-bond donors (Lipinski definition) is 3. The molecule has 0 aromatic heterocycles. The molecule has 0 saturated heterocycles. The minimum absolute atomic E-state index is 0.0262. The zero-order valence-corrected chi connectivity index (χ0v) is 54.6. The average molecular weight is 1130 g/mol. The fourth-order valence-electron chi connectivity index (χ4n) is 11.9. The van der Waals surface area contributed by atoms with Gasteiger partial charge in [-0.3, -0.25) is 9.59 Å². The lowest BCUT2D eigenvalue weighted by atomic mass is 10.0. The first-order valence-electron chi connectivity index (χ1n) is 36.9. The zero-order valence-electron chi connectivity index (χ0n) is 54.6. The van der Waals surface area contributed by atoms with Crippen LogP contribution in [0.2, 0.25) is 0 Å². The molecule has 0 aliphatic heterocycles. The molecule has 0 aromatic carbocycles. The van der Waals surface area contributed by atoms with Crippen LogP contribution in [0.15, 0.2) is 12.2 Å². The van der Waals surface area contributed by atoms with Crippen molar-refractivity contribution in [3.8, 4) is 0 Å². The van der Waals surface area contributed by atoms with E-state index in [2.05, 4.69) is 31.3 Å². The van der Waals surface area contributed by atoms with Crippen molar-refractivity contribution >= 4 is 11.9 Å². The number of carbonyl (C=O) groups is 2. The minimum Gasteiger partial charge on any atom is -0.466 e. The highest BCUT2D eigenvalue weighted by molar-refractivity contribution is 5.76. The number of nitrogens with one attached hydrogen (secondary N) is 1. The third-order valence-corrected chi connectivity index (χ3v) is 17.6. The summed E-state index contributed by atoms with van der Waals surface area (Å²) in [6.45, 7) is 4.97. The molecular weight excluding hydrogens is 983 g/mol. The Hall–Kier alpha value is -1.40. The van der Waals surface area contributed by atoms with Crippen LogP contribution in [0.5, 0.6) is 0 Å². The van der Waals surface area contributed by atoms with Gasteiger partial charge >= 0.3 is 5.97 Å². The lowest BCUT2D eigenvalue weighted by molar-refractivity contribution is -0.143. The molecule has 1 amide bonds. The number of amides is 1. The van der Waals surface area contributed by atoms with Crippen LogP contribution in [-0.2, 0) is 14.3 Å². The molecule has 0 aliphatic carbocycles. The third-order valence-electron chi connectivity index (χ3n) is 17.6. The van der Waals surface area contributed by atoms with Gasteiger partial charge < -0.3 is 20.3 Å². The number of hydrogen-bond acceptors (Lipinski definition) is 5. The monoisotopic (exact) mass is 1130 g/mol. The SMILES string of the molecule is CCCCCCCCCCCCCCCCCC(=O)OCCCCCCCCCCCCCCCCCCCC/C=C\CCCCCCCCCCCCCCCCCCCC(=O)NC(CO)C(O)CCCCCCCCCCC. The van der Waals surface area contributed by atoms with Crippen LogP contribution in [0.1, 0.15) is 425 Å². The van der Waals surface area contributed by atoms with E-state index in [1.54, 1.807) is 0 Å². The van der Waals surface area contributed by atoms with E-state index in [0.717, 1.165) is 38.5 Å². The van der Waals surface area contributed by atoms with E-state index in [1.807, 2.05) is 0 Å². The Morgan fingerprint density at radius 3 is 0.887 bits per heavy atom. The first-order chi connectivity index (χ1) is 39.5. The Kier molecular flexibility index (Phi) is 68.9. The molecule has 0 spiro atoms. The Morgan fingerprint density at radius 2 is 0.588 bits per heavy atom. The topological polar surface area (TPSA) is 95.9 Å². The predicted octanol–water partition coefficient (Wildman–Crippen LogP) is 23.9. The van der Waals surface area contributed by atoms with Crippen molar-refractivity contribution in [3.63, 3.8) is 0 Å². The van der Waals surface area contributed by atoms with Gasteiger partial charge in [0, 0.05) is 12.8 Å². The maximum atomic E-state index is 12.4. The van der Waals surface area contributed by atoms with E-state index in [-0.39, 0.29) is 18.5 Å². The molecule has 3 N–H and O–H groups in total. The lowest BCUT2D eigenvalue weighted by Gasteiger charge is -2.22. The summed E-state index contributed by atoms with van der Waals surface area (Å²) in [7, 11) is 0. The number of esters is 1. The maximum absolute atomic E-state index is 12.4. The second-order valence-corrected chi connectivity index (χ2v) is 25.6. The van der Waals surface area contributed by atoms with Crippen molar-refractivity contribution in [1.29, 1.82) is 0 Å². The Morgan fingerprint density at radius 1 is 0.338 bits per heavy atom.